The Labute approximate surface area is 184 Å². The van der Waals surface area contributed by atoms with Gasteiger partial charge in [0.15, 0.2) is 0 Å². The van der Waals surface area contributed by atoms with E-state index in [1.165, 1.54) is 24.5 Å². The number of rotatable bonds is 8. The van der Waals surface area contributed by atoms with E-state index >= 15 is 0 Å². The number of methoxy groups -OCH3 is 1. The molecule has 0 aliphatic carbocycles. The van der Waals surface area contributed by atoms with Gasteiger partial charge in [0.1, 0.15) is 17.1 Å². The van der Waals surface area contributed by atoms with Crippen molar-refractivity contribution in [3.63, 3.8) is 0 Å². The predicted molar refractivity (Wildman–Crippen MR) is 124 cm³/mol. The van der Waals surface area contributed by atoms with Crippen molar-refractivity contribution in [1.82, 2.24) is 14.8 Å². The number of halogens is 1. The molecule has 1 fully saturated rings. The monoisotopic (exact) mass is 421 g/mol. The lowest BCUT2D eigenvalue weighted by Gasteiger charge is -2.33. The number of hydrogen-bond acceptors (Lipinski definition) is 4. The van der Waals surface area contributed by atoms with Crippen LogP contribution in [-0.4, -0.2) is 55.1 Å². The fraction of sp³-hybridized carbons (Fsp3) is 0.423. The van der Waals surface area contributed by atoms with E-state index in [2.05, 4.69) is 34.0 Å². The first-order valence-corrected chi connectivity index (χ1v) is 11.2. The molecule has 5 heteroatoms. The van der Waals surface area contributed by atoms with Crippen molar-refractivity contribution in [2.45, 2.75) is 25.8 Å². The summed E-state index contributed by atoms with van der Waals surface area (Å²) in [5.74, 6) is 1.33. The topological polar surface area (TPSA) is 28.6 Å². The van der Waals surface area contributed by atoms with Crippen LogP contribution in [0.5, 0.6) is 5.75 Å². The number of aromatic nitrogens is 1. The molecule has 31 heavy (non-hydrogen) atoms. The summed E-state index contributed by atoms with van der Waals surface area (Å²) in [5, 5.41) is 0.851. The number of para-hydroxylation sites is 1. The first-order valence-electron chi connectivity index (χ1n) is 11.2. The van der Waals surface area contributed by atoms with Crippen LogP contribution in [0.4, 0.5) is 4.39 Å². The molecule has 4 nitrogen and oxygen atoms in total. The van der Waals surface area contributed by atoms with E-state index in [0.717, 1.165) is 56.0 Å². The zero-order valence-corrected chi connectivity index (χ0v) is 18.6. The molecular weight excluding hydrogens is 389 g/mol. The molecule has 3 aromatic rings. The number of fused-ring (bicyclic) bond motifs is 1. The highest BCUT2D eigenvalue weighted by atomic mass is 19.1. The van der Waals surface area contributed by atoms with Crippen LogP contribution in [0, 0.1) is 11.7 Å². The van der Waals surface area contributed by atoms with Gasteiger partial charge in [-0.05, 0) is 75.1 Å². The lowest BCUT2D eigenvalue weighted by molar-refractivity contribution is 0.156. The Bertz CT molecular complexity index is 984. The van der Waals surface area contributed by atoms with Crippen LogP contribution in [0.15, 0.2) is 54.6 Å². The molecule has 2 aromatic carbocycles. The fourth-order valence-electron chi connectivity index (χ4n) is 4.39. The average molecular weight is 422 g/mol. The van der Waals surface area contributed by atoms with Crippen molar-refractivity contribution >= 4 is 10.9 Å². The number of pyridine rings is 1. The molecule has 0 N–H and O–H groups in total. The van der Waals surface area contributed by atoms with Gasteiger partial charge < -0.3 is 9.64 Å². The third-order valence-corrected chi connectivity index (χ3v) is 6.34. The number of benzene rings is 2. The molecule has 2 heterocycles. The van der Waals surface area contributed by atoms with Gasteiger partial charge in [-0.15, -0.1) is 0 Å². The van der Waals surface area contributed by atoms with Crippen molar-refractivity contribution in [2.24, 2.45) is 5.92 Å². The zero-order valence-electron chi connectivity index (χ0n) is 18.6. The predicted octanol–water partition coefficient (Wildman–Crippen LogP) is 4.77. The molecule has 0 atom stereocenters. The maximum Gasteiger partial charge on any atom is 0.149 e. The van der Waals surface area contributed by atoms with Gasteiger partial charge >= 0.3 is 0 Å². The zero-order chi connectivity index (χ0) is 21.6. The summed E-state index contributed by atoms with van der Waals surface area (Å²) in [7, 11) is 3.89. The maximum atomic E-state index is 14.3. The first-order chi connectivity index (χ1) is 15.1. The van der Waals surface area contributed by atoms with Gasteiger partial charge in [0.05, 0.1) is 12.8 Å². The van der Waals surface area contributed by atoms with Crippen molar-refractivity contribution in [3.05, 3.63) is 71.7 Å². The number of likely N-dealkylation sites (tertiary alicyclic amines) is 1. The molecule has 0 radical (unpaired) electrons. The second kappa shape index (κ2) is 10.2. The van der Waals surface area contributed by atoms with E-state index in [1.807, 2.05) is 30.3 Å². The van der Waals surface area contributed by atoms with Gasteiger partial charge in [0.2, 0.25) is 0 Å². The average Bonchev–Trinajstić information content (AvgIpc) is 2.80. The number of piperidine rings is 1. The summed E-state index contributed by atoms with van der Waals surface area (Å²) in [6.45, 7) is 5.08. The lowest BCUT2D eigenvalue weighted by atomic mass is 9.96. The van der Waals surface area contributed by atoms with Crippen LogP contribution in [0.3, 0.4) is 0 Å². The fourth-order valence-corrected chi connectivity index (χ4v) is 4.39. The summed E-state index contributed by atoms with van der Waals surface area (Å²) in [6.07, 6.45) is 3.43. The van der Waals surface area contributed by atoms with Gasteiger partial charge in [-0.2, -0.15) is 0 Å². The minimum Gasteiger partial charge on any atom is -0.497 e. The van der Waals surface area contributed by atoms with E-state index in [0.29, 0.717) is 11.4 Å². The number of ether oxygens (including phenoxy) is 1. The molecule has 0 saturated carbocycles. The second-order valence-corrected chi connectivity index (χ2v) is 8.69. The third kappa shape index (κ3) is 5.81. The van der Waals surface area contributed by atoms with Gasteiger partial charge in [-0.3, -0.25) is 4.90 Å². The summed E-state index contributed by atoms with van der Waals surface area (Å²) in [5.41, 5.74) is 2.70. The van der Waals surface area contributed by atoms with Crippen molar-refractivity contribution in [2.75, 3.05) is 40.3 Å². The van der Waals surface area contributed by atoms with E-state index in [-0.39, 0.29) is 5.82 Å². The number of nitrogens with zero attached hydrogens (tertiary/aromatic N) is 3. The van der Waals surface area contributed by atoms with Crippen LogP contribution in [0.25, 0.3) is 10.9 Å². The molecule has 1 saturated heterocycles. The highest BCUT2D eigenvalue weighted by Crippen LogP contribution is 2.21. The Morgan fingerprint density at radius 2 is 1.84 bits per heavy atom. The Morgan fingerprint density at radius 3 is 2.58 bits per heavy atom. The normalized spacial score (nSPS) is 15.6. The minimum atomic E-state index is -0.251. The van der Waals surface area contributed by atoms with Gasteiger partial charge in [0, 0.05) is 25.0 Å². The lowest BCUT2D eigenvalue weighted by Crippen LogP contribution is -2.37. The molecule has 1 aromatic heterocycles. The van der Waals surface area contributed by atoms with E-state index in [1.54, 1.807) is 13.2 Å². The molecule has 0 amide bonds. The van der Waals surface area contributed by atoms with Gasteiger partial charge in [0.25, 0.3) is 0 Å². The molecule has 1 aliphatic rings. The highest BCUT2D eigenvalue weighted by molar-refractivity contribution is 5.79. The van der Waals surface area contributed by atoms with Gasteiger partial charge in [-0.1, -0.05) is 30.3 Å². The van der Waals surface area contributed by atoms with Crippen molar-refractivity contribution in [1.29, 1.82) is 0 Å². The molecule has 1 aliphatic heterocycles. The highest BCUT2D eigenvalue weighted by Gasteiger charge is 2.20. The standard InChI is InChI=1S/C26H32FN3O/c1-29-15-12-21(13-16-29)18-30(17-14-20-6-10-24(31-2)11-7-20)19-23-9-8-22-4-3-5-25(27)26(22)28-23/h3-11,21H,12-19H2,1-2H3. The van der Waals surface area contributed by atoms with E-state index in [4.69, 9.17) is 4.74 Å². The van der Waals surface area contributed by atoms with Crippen LogP contribution in [0.2, 0.25) is 0 Å². The first kappa shape index (κ1) is 21.7. The Kier molecular flexibility index (Phi) is 7.15. The van der Waals surface area contributed by atoms with Crippen molar-refractivity contribution in [3.8, 4) is 5.75 Å². The summed E-state index contributed by atoms with van der Waals surface area (Å²) in [4.78, 5) is 9.56. The molecule has 0 unspecified atom stereocenters. The number of hydrogen-bond donors (Lipinski definition) is 0. The molecule has 164 valence electrons. The second-order valence-electron chi connectivity index (χ2n) is 8.69. The molecular formula is C26H32FN3O. The largest absolute Gasteiger partial charge is 0.497 e. The summed E-state index contributed by atoms with van der Waals surface area (Å²) >= 11 is 0. The quantitative estimate of drug-likeness (QED) is 0.524. The Balaban J connectivity index is 1.47. The van der Waals surface area contributed by atoms with Crippen LogP contribution < -0.4 is 4.74 Å². The third-order valence-electron chi connectivity index (χ3n) is 6.34. The van der Waals surface area contributed by atoms with Crippen LogP contribution >= 0.6 is 0 Å². The maximum absolute atomic E-state index is 14.3. The molecule has 4 rings (SSSR count). The summed E-state index contributed by atoms with van der Waals surface area (Å²) < 4.78 is 19.5. The van der Waals surface area contributed by atoms with Crippen molar-refractivity contribution < 1.29 is 9.13 Å². The Hall–Kier alpha value is -2.50. The van der Waals surface area contributed by atoms with Crippen LogP contribution in [0.1, 0.15) is 24.1 Å². The van der Waals surface area contributed by atoms with E-state index < -0.39 is 0 Å². The summed E-state index contributed by atoms with van der Waals surface area (Å²) in [6, 6.07) is 17.5. The van der Waals surface area contributed by atoms with Crippen LogP contribution in [-0.2, 0) is 13.0 Å². The molecule has 0 bridgehead atoms. The Morgan fingerprint density at radius 1 is 1.06 bits per heavy atom. The van der Waals surface area contributed by atoms with Gasteiger partial charge in [-0.25, -0.2) is 9.37 Å². The smallest absolute Gasteiger partial charge is 0.149 e. The minimum absolute atomic E-state index is 0.251. The SMILES string of the molecule is COc1ccc(CCN(Cc2ccc3cccc(F)c3n2)CC2CCN(C)CC2)cc1. The molecule has 0 spiro atoms. The van der Waals surface area contributed by atoms with E-state index in [9.17, 15) is 4.39 Å².